The van der Waals surface area contributed by atoms with Gasteiger partial charge in [0.15, 0.2) is 6.39 Å². The van der Waals surface area contributed by atoms with Crippen LogP contribution in [-0.4, -0.2) is 11.0 Å². The average molecular weight is 220 g/mol. The molecule has 1 aromatic heterocycles. The van der Waals surface area contributed by atoms with E-state index in [9.17, 15) is 0 Å². The van der Waals surface area contributed by atoms with Gasteiger partial charge in [-0.3, -0.25) is 0 Å². The van der Waals surface area contributed by atoms with E-state index >= 15 is 0 Å². The molecule has 1 N–H and O–H groups in total. The van der Waals surface area contributed by atoms with Gasteiger partial charge in [0, 0.05) is 18.5 Å². The zero-order valence-electron chi connectivity index (χ0n) is 9.74. The maximum absolute atomic E-state index is 5.61. The largest absolute Gasteiger partial charge is 0.448 e. The van der Waals surface area contributed by atoms with Gasteiger partial charge in [0.25, 0.3) is 0 Å². The van der Waals surface area contributed by atoms with Crippen molar-refractivity contribution in [2.45, 2.75) is 63.5 Å². The second-order valence-corrected chi connectivity index (χ2v) is 5.15. The number of oxazole rings is 1. The van der Waals surface area contributed by atoms with E-state index in [1.54, 1.807) is 6.39 Å². The zero-order valence-corrected chi connectivity index (χ0v) is 9.74. The molecule has 3 heteroatoms. The highest BCUT2D eigenvalue weighted by Gasteiger charge is 2.25. The Morgan fingerprint density at radius 1 is 1.19 bits per heavy atom. The first-order valence-electron chi connectivity index (χ1n) is 6.59. The van der Waals surface area contributed by atoms with E-state index in [4.69, 9.17) is 4.42 Å². The van der Waals surface area contributed by atoms with Crippen LogP contribution in [-0.2, 0) is 6.54 Å². The second-order valence-electron chi connectivity index (χ2n) is 5.15. The van der Waals surface area contributed by atoms with Crippen molar-refractivity contribution >= 4 is 0 Å². The van der Waals surface area contributed by atoms with Gasteiger partial charge in [0.1, 0.15) is 5.76 Å². The highest BCUT2D eigenvalue weighted by atomic mass is 16.3. The fourth-order valence-corrected chi connectivity index (χ4v) is 2.64. The van der Waals surface area contributed by atoms with Crippen LogP contribution in [0.25, 0.3) is 0 Å². The highest BCUT2D eigenvalue weighted by molar-refractivity contribution is 5.13. The molecule has 2 saturated carbocycles. The summed E-state index contributed by atoms with van der Waals surface area (Å²) in [5, 5.41) is 3.52. The first kappa shape index (κ1) is 10.3. The van der Waals surface area contributed by atoms with E-state index in [2.05, 4.69) is 10.3 Å². The van der Waals surface area contributed by atoms with Crippen LogP contribution in [0.15, 0.2) is 10.8 Å². The molecule has 2 fully saturated rings. The Bertz CT molecular complexity index is 337. The van der Waals surface area contributed by atoms with Crippen LogP contribution in [0.2, 0.25) is 0 Å². The minimum absolute atomic E-state index is 0.632. The van der Waals surface area contributed by atoms with Gasteiger partial charge in [-0.25, -0.2) is 4.98 Å². The maximum Gasteiger partial charge on any atom is 0.181 e. The summed E-state index contributed by atoms with van der Waals surface area (Å²) in [6, 6.07) is 0.746. The molecular weight excluding hydrogens is 200 g/mol. The summed E-state index contributed by atoms with van der Waals surface area (Å²) in [7, 11) is 0. The van der Waals surface area contributed by atoms with Crippen molar-refractivity contribution < 1.29 is 4.42 Å². The van der Waals surface area contributed by atoms with Crippen LogP contribution < -0.4 is 5.32 Å². The minimum Gasteiger partial charge on any atom is -0.448 e. The molecule has 1 heterocycles. The molecule has 0 spiro atoms. The van der Waals surface area contributed by atoms with Crippen LogP contribution in [0.3, 0.4) is 0 Å². The van der Waals surface area contributed by atoms with Crippen LogP contribution in [0, 0.1) is 0 Å². The van der Waals surface area contributed by atoms with Crippen LogP contribution in [0.1, 0.15) is 62.3 Å². The van der Waals surface area contributed by atoms with Gasteiger partial charge < -0.3 is 9.73 Å². The molecule has 16 heavy (non-hydrogen) atoms. The van der Waals surface area contributed by atoms with Gasteiger partial charge >= 0.3 is 0 Å². The van der Waals surface area contributed by atoms with E-state index in [1.165, 1.54) is 44.9 Å². The van der Waals surface area contributed by atoms with Crippen LogP contribution in [0.4, 0.5) is 0 Å². The van der Waals surface area contributed by atoms with Crippen molar-refractivity contribution in [3.63, 3.8) is 0 Å². The summed E-state index contributed by atoms with van der Waals surface area (Å²) in [5.74, 6) is 1.79. The lowest BCUT2D eigenvalue weighted by atomic mass is 9.87. The molecule has 0 unspecified atom stereocenters. The number of nitrogens with one attached hydrogen (secondary N) is 1. The summed E-state index contributed by atoms with van der Waals surface area (Å²) in [6.07, 6.45) is 10.9. The summed E-state index contributed by atoms with van der Waals surface area (Å²) in [4.78, 5) is 4.36. The van der Waals surface area contributed by atoms with Gasteiger partial charge in [0.2, 0.25) is 0 Å². The molecule has 0 saturated heterocycles. The lowest BCUT2D eigenvalue weighted by Gasteiger charge is -2.20. The maximum atomic E-state index is 5.61. The number of aromatic nitrogens is 1. The summed E-state index contributed by atoms with van der Waals surface area (Å²) in [6.45, 7) is 0.896. The van der Waals surface area contributed by atoms with Crippen molar-refractivity contribution in [3.05, 3.63) is 17.8 Å². The Morgan fingerprint density at radius 3 is 2.75 bits per heavy atom. The fourth-order valence-electron chi connectivity index (χ4n) is 2.64. The molecule has 0 radical (unpaired) electrons. The topological polar surface area (TPSA) is 38.1 Å². The quantitative estimate of drug-likeness (QED) is 0.847. The summed E-state index contributed by atoms with van der Waals surface area (Å²) < 4.78 is 5.61. The predicted octanol–water partition coefficient (Wildman–Crippen LogP) is 2.97. The molecule has 0 aromatic carbocycles. The molecular formula is C13H20N2O. The lowest BCUT2D eigenvalue weighted by molar-refractivity contribution is 0.370. The first-order chi connectivity index (χ1) is 7.93. The smallest absolute Gasteiger partial charge is 0.181 e. The van der Waals surface area contributed by atoms with E-state index in [0.717, 1.165) is 24.0 Å². The zero-order chi connectivity index (χ0) is 10.8. The monoisotopic (exact) mass is 220 g/mol. The lowest BCUT2D eigenvalue weighted by Crippen LogP contribution is -2.17. The SMILES string of the molecule is c1nc(CNC2CC2)c(C2CCCCC2)o1. The third-order valence-electron chi connectivity index (χ3n) is 3.78. The molecule has 0 atom stereocenters. The molecule has 0 bridgehead atoms. The third-order valence-corrected chi connectivity index (χ3v) is 3.78. The predicted molar refractivity (Wildman–Crippen MR) is 62.2 cm³/mol. The van der Waals surface area contributed by atoms with E-state index in [1.807, 2.05) is 0 Å². The number of hydrogen-bond acceptors (Lipinski definition) is 3. The van der Waals surface area contributed by atoms with Crippen LogP contribution in [0.5, 0.6) is 0 Å². The first-order valence-corrected chi connectivity index (χ1v) is 6.59. The van der Waals surface area contributed by atoms with Crippen molar-refractivity contribution in [1.82, 2.24) is 10.3 Å². The van der Waals surface area contributed by atoms with Gasteiger partial charge in [-0.05, 0) is 25.7 Å². The van der Waals surface area contributed by atoms with Gasteiger partial charge in [-0.2, -0.15) is 0 Å². The molecule has 3 nitrogen and oxygen atoms in total. The Balaban J connectivity index is 1.65. The van der Waals surface area contributed by atoms with E-state index < -0.39 is 0 Å². The molecule has 2 aliphatic carbocycles. The van der Waals surface area contributed by atoms with Crippen molar-refractivity contribution in [3.8, 4) is 0 Å². The molecule has 0 aliphatic heterocycles. The van der Waals surface area contributed by atoms with Gasteiger partial charge in [0.05, 0.1) is 5.69 Å². The van der Waals surface area contributed by atoms with Gasteiger partial charge in [-0.15, -0.1) is 0 Å². The molecule has 88 valence electrons. The summed E-state index contributed by atoms with van der Waals surface area (Å²) >= 11 is 0. The average Bonchev–Trinajstić information content (AvgIpc) is 3.05. The van der Waals surface area contributed by atoms with Crippen molar-refractivity contribution in [1.29, 1.82) is 0 Å². The van der Waals surface area contributed by atoms with Gasteiger partial charge in [-0.1, -0.05) is 19.3 Å². The van der Waals surface area contributed by atoms with Crippen molar-refractivity contribution in [2.24, 2.45) is 0 Å². The van der Waals surface area contributed by atoms with Crippen molar-refractivity contribution in [2.75, 3.05) is 0 Å². The van der Waals surface area contributed by atoms with E-state index in [0.29, 0.717) is 5.92 Å². The Labute approximate surface area is 96.6 Å². The fraction of sp³-hybridized carbons (Fsp3) is 0.769. The Kier molecular flexibility index (Phi) is 2.96. The Morgan fingerprint density at radius 2 is 2.00 bits per heavy atom. The standard InChI is InChI=1S/C13H20N2O/c1-2-4-10(5-3-1)13-12(15-9-16-13)8-14-11-6-7-11/h9-11,14H,1-8H2. The van der Waals surface area contributed by atoms with Crippen LogP contribution >= 0.6 is 0 Å². The minimum atomic E-state index is 0.632. The normalized spacial score (nSPS) is 22.5. The summed E-state index contributed by atoms with van der Waals surface area (Å²) in [5.41, 5.74) is 1.15. The third kappa shape index (κ3) is 2.29. The highest BCUT2D eigenvalue weighted by Crippen LogP contribution is 2.34. The van der Waals surface area contributed by atoms with E-state index in [-0.39, 0.29) is 0 Å². The Hall–Kier alpha value is -0.830. The molecule has 3 rings (SSSR count). The number of hydrogen-bond donors (Lipinski definition) is 1. The number of rotatable bonds is 4. The second kappa shape index (κ2) is 4.58. The molecule has 2 aliphatic rings. The number of nitrogens with zero attached hydrogens (tertiary/aromatic N) is 1. The molecule has 1 aromatic rings. The molecule has 0 amide bonds.